The molecule has 2 amide bonds. The number of furan rings is 1. The molecule has 2 rings (SSSR count). The minimum Gasteiger partial charge on any atom is -0.467 e. The molecule has 0 unspecified atom stereocenters. The SMILES string of the molecule is CCCCC(=O)NC(=S)Nc1ccc(C(=O)NCc2ccco2)cc1. The molecule has 132 valence electrons. The van der Waals surface area contributed by atoms with Gasteiger partial charge in [-0.2, -0.15) is 0 Å². The fourth-order valence-electron chi connectivity index (χ4n) is 2.08. The molecule has 1 aromatic carbocycles. The van der Waals surface area contributed by atoms with Crippen molar-refractivity contribution in [2.24, 2.45) is 0 Å². The zero-order valence-corrected chi connectivity index (χ0v) is 14.8. The van der Waals surface area contributed by atoms with Gasteiger partial charge in [-0.3, -0.25) is 9.59 Å². The average molecular weight is 359 g/mol. The van der Waals surface area contributed by atoms with E-state index in [0.29, 0.717) is 30.0 Å². The molecule has 0 saturated heterocycles. The van der Waals surface area contributed by atoms with Crippen LogP contribution in [0.4, 0.5) is 5.69 Å². The van der Waals surface area contributed by atoms with Gasteiger partial charge < -0.3 is 20.4 Å². The molecule has 0 spiro atoms. The molecule has 0 aliphatic heterocycles. The van der Waals surface area contributed by atoms with Crippen molar-refractivity contribution in [1.29, 1.82) is 0 Å². The van der Waals surface area contributed by atoms with Crippen LogP contribution in [0.3, 0.4) is 0 Å². The predicted molar refractivity (Wildman–Crippen MR) is 100 cm³/mol. The Morgan fingerprint density at radius 3 is 2.56 bits per heavy atom. The lowest BCUT2D eigenvalue weighted by Crippen LogP contribution is -2.33. The fourth-order valence-corrected chi connectivity index (χ4v) is 2.31. The Labute approximate surface area is 152 Å². The third-order valence-corrected chi connectivity index (χ3v) is 3.62. The van der Waals surface area contributed by atoms with Crippen LogP contribution < -0.4 is 16.0 Å². The molecular formula is C18H21N3O3S. The summed E-state index contributed by atoms with van der Waals surface area (Å²) >= 11 is 5.10. The number of hydrogen-bond donors (Lipinski definition) is 3. The quantitative estimate of drug-likeness (QED) is 0.661. The number of hydrogen-bond acceptors (Lipinski definition) is 4. The Kier molecular flexibility index (Phi) is 7.16. The molecule has 0 fully saturated rings. The zero-order valence-electron chi connectivity index (χ0n) is 14.0. The lowest BCUT2D eigenvalue weighted by atomic mass is 10.2. The van der Waals surface area contributed by atoms with E-state index >= 15 is 0 Å². The molecule has 1 aromatic heterocycles. The molecule has 0 bridgehead atoms. The van der Waals surface area contributed by atoms with Crippen molar-refractivity contribution in [1.82, 2.24) is 10.6 Å². The number of unbranched alkanes of at least 4 members (excludes halogenated alkanes) is 1. The van der Waals surface area contributed by atoms with Gasteiger partial charge in [0.05, 0.1) is 12.8 Å². The topological polar surface area (TPSA) is 83.4 Å². The summed E-state index contributed by atoms with van der Waals surface area (Å²) in [6.45, 7) is 2.36. The van der Waals surface area contributed by atoms with E-state index in [-0.39, 0.29) is 16.9 Å². The standard InChI is InChI=1S/C18H21N3O3S/c1-2-3-6-16(22)21-18(25)20-14-9-7-13(8-10-14)17(23)19-12-15-5-4-11-24-15/h4-5,7-11H,2-3,6,12H2,1H3,(H,19,23)(H2,20,21,22,25). The molecule has 3 N–H and O–H groups in total. The maximum Gasteiger partial charge on any atom is 0.251 e. The van der Waals surface area contributed by atoms with E-state index in [1.807, 2.05) is 6.92 Å². The number of amides is 2. The molecule has 1 heterocycles. The minimum atomic E-state index is -0.196. The Morgan fingerprint density at radius 1 is 1.16 bits per heavy atom. The van der Waals surface area contributed by atoms with Gasteiger partial charge in [0.1, 0.15) is 5.76 Å². The Bertz CT molecular complexity index is 712. The molecule has 7 heteroatoms. The van der Waals surface area contributed by atoms with Crippen molar-refractivity contribution < 1.29 is 14.0 Å². The van der Waals surface area contributed by atoms with Gasteiger partial charge in [-0.25, -0.2) is 0 Å². The van der Waals surface area contributed by atoms with Gasteiger partial charge in [0.25, 0.3) is 5.91 Å². The molecule has 6 nitrogen and oxygen atoms in total. The first-order valence-corrected chi connectivity index (χ1v) is 8.50. The van der Waals surface area contributed by atoms with Gasteiger partial charge in [-0.15, -0.1) is 0 Å². The highest BCUT2D eigenvalue weighted by atomic mass is 32.1. The van der Waals surface area contributed by atoms with Gasteiger partial charge >= 0.3 is 0 Å². The fraction of sp³-hybridized carbons (Fsp3) is 0.278. The summed E-state index contributed by atoms with van der Waals surface area (Å²) in [4.78, 5) is 23.7. The average Bonchev–Trinajstić information content (AvgIpc) is 3.12. The molecule has 0 atom stereocenters. The Morgan fingerprint density at radius 2 is 1.92 bits per heavy atom. The van der Waals surface area contributed by atoms with Crippen LogP contribution in [0.5, 0.6) is 0 Å². The lowest BCUT2D eigenvalue weighted by Gasteiger charge is -2.10. The van der Waals surface area contributed by atoms with Crippen molar-refractivity contribution in [3.8, 4) is 0 Å². The zero-order chi connectivity index (χ0) is 18.1. The maximum atomic E-state index is 12.1. The number of thiocarbonyl (C=S) groups is 1. The van der Waals surface area contributed by atoms with E-state index in [2.05, 4.69) is 16.0 Å². The summed E-state index contributed by atoms with van der Waals surface area (Å²) in [5.74, 6) is 0.391. The van der Waals surface area contributed by atoms with Crippen molar-refractivity contribution in [3.05, 3.63) is 54.0 Å². The summed E-state index contributed by atoms with van der Waals surface area (Å²) in [6, 6.07) is 10.4. The van der Waals surface area contributed by atoms with Crippen LogP contribution in [-0.2, 0) is 11.3 Å². The highest BCUT2D eigenvalue weighted by Gasteiger charge is 2.07. The van der Waals surface area contributed by atoms with Gasteiger partial charge in [0, 0.05) is 17.7 Å². The summed E-state index contributed by atoms with van der Waals surface area (Å²) in [5, 5.41) is 8.57. The first-order valence-electron chi connectivity index (χ1n) is 8.10. The van der Waals surface area contributed by atoms with Gasteiger partial charge in [0.2, 0.25) is 5.91 Å². The second-order valence-corrected chi connectivity index (χ2v) is 5.85. The van der Waals surface area contributed by atoms with Crippen LogP contribution >= 0.6 is 12.2 Å². The van der Waals surface area contributed by atoms with Crippen LogP contribution in [0.1, 0.15) is 42.3 Å². The number of carbonyl (C=O) groups is 2. The van der Waals surface area contributed by atoms with E-state index < -0.39 is 0 Å². The van der Waals surface area contributed by atoms with Crippen molar-refractivity contribution in [2.75, 3.05) is 5.32 Å². The second kappa shape index (κ2) is 9.58. The first-order chi connectivity index (χ1) is 12.1. The Balaban J connectivity index is 1.81. The highest BCUT2D eigenvalue weighted by molar-refractivity contribution is 7.80. The summed E-state index contributed by atoms with van der Waals surface area (Å²) < 4.78 is 5.17. The van der Waals surface area contributed by atoms with E-state index in [9.17, 15) is 9.59 Å². The number of benzene rings is 1. The van der Waals surface area contributed by atoms with Crippen LogP contribution in [0.25, 0.3) is 0 Å². The predicted octanol–water partition coefficient (Wildman–Crippen LogP) is 3.21. The van der Waals surface area contributed by atoms with Crippen molar-refractivity contribution >= 4 is 34.8 Å². The van der Waals surface area contributed by atoms with E-state index in [1.54, 1.807) is 42.7 Å². The number of carbonyl (C=O) groups excluding carboxylic acids is 2. The van der Waals surface area contributed by atoms with E-state index in [4.69, 9.17) is 16.6 Å². The van der Waals surface area contributed by atoms with Crippen LogP contribution in [-0.4, -0.2) is 16.9 Å². The normalized spacial score (nSPS) is 10.1. The molecule has 0 radical (unpaired) electrons. The minimum absolute atomic E-state index is 0.103. The third kappa shape index (κ3) is 6.39. The monoisotopic (exact) mass is 359 g/mol. The van der Waals surface area contributed by atoms with Crippen molar-refractivity contribution in [3.63, 3.8) is 0 Å². The highest BCUT2D eigenvalue weighted by Crippen LogP contribution is 2.10. The number of anilines is 1. The van der Waals surface area contributed by atoms with E-state index in [1.165, 1.54) is 0 Å². The second-order valence-electron chi connectivity index (χ2n) is 5.45. The van der Waals surface area contributed by atoms with Crippen molar-refractivity contribution in [2.45, 2.75) is 32.7 Å². The van der Waals surface area contributed by atoms with Crippen LogP contribution in [0.15, 0.2) is 47.1 Å². The molecule has 0 aliphatic rings. The first kappa shape index (κ1) is 18.7. The molecule has 25 heavy (non-hydrogen) atoms. The number of rotatable bonds is 7. The third-order valence-electron chi connectivity index (χ3n) is 3.42. The van der Waals surface area contributed by atoms with Crippen LogP contribution in [0, 0.1) is 0 Å². The van der Waals surface area contributed by atoms with Gasteiger partial charge in [-0.1, -0.05) is 13.3 Å². The molecular weight excluding hydrogens is 338 g/mol. The molecule has 2 aromatic rings. The summed E-state index contributed by atoms with van der Waals surface area (Å²) in [5.41, 5.74) is 1.22. The number of nitrogens with one attached hydrogen (secondary N) is 3. The van der Waals surface area contributed by atoms with Gasteiger partial charge in [-0.05, 0) is 55.0 Å². The largest absolute Gasteiger partial charge is 0.467 e. The molecule has 0 aliphatic carbocycles. The smallest absolute Gasteiger partial charge is 0.251 e. The Hall–Kier alpha value is -2.67. The molecule has 0 saturated carbocycles. The summed E-state index contributed by atoms with van der Waals surface area (Å²) in [7, 11) is 0. The summed E-state index contributed by atoms with van der Waals surface area (Å²) in [6.07, 6.45) is 3.80. The van der Waals surface area contributed by atoms with E-state index in [0.717, 1.165) is 12.8 Å². The van der Waals surface area contributed by atoms with Crippen LogP contribution in [0.2, 0.25) is 0 Å². The lowest BCUT2D eigenvalue weighted by molar-refractivity contribution is -0.119. The van der Waals surface area contributed by atoms with Gasteiger partial charge in [0.15, 0.2) is 5.11 Å². The maximum absolute atomic E-state index is 12.1.